The molecular formula is C39H38F2N2O8. The fourth-order valence-electron chi connectivity index (χ4n) is 5.82. The molecule has 1 unspecified atom stereocenters. The number of nitrogens with one attached hydrogen (secondary N) is 1. The van der Waals surface area contributed by atoms with E-state index < -0.39 is 23.5 Å². The first-order valence-corrected chi connectivity index (χ1v) is 16.1. The lowest BCUT2D eigenvalue weighted by molar-refractivity contribution is 0.0950. The van der Waals surface area contributed by atoms with Gasteiger partial charge in [0.15, 0.2) is 23.1 Å². The molecular weight excluding hydrogens is 662 g/mol. The van der Waals surface area contributed by atoms with Crippen molar-refractivity contribution >= 4 is 5.91 Å². The van der Waals surface area contributed by atoms with E-state index in [0.29, 0.717) is 40.4 Å². The number of hydrogen-bond donors (Lipinski definition) is 2. The van der Waals surface area contributed by atoms with Crippen molar-refractivity contribution in [1.29, 1.82) is 0 Å². The van der Waals surface area contributed by atoms with Crippen LogP contribution in [0.1, 0.15) is 40.7 Å². The first-order valence-electron chi connectivity index (χ1n) is 16.1. The van der Waals surface area contributed by atoms with E-state index in [4.69, 9.17) is 23.7 Å². The second-order valence-electron chi connectivity index (χ2n) is 11.4. The SMILES string of the molecule is CCOc1cc(=O)n(C)cc1-c1cc(C(CCNC(=O)c2ccccc2O)c2ccc(OC)c(OC)c2OC)ccc1Oc1ccc(F)cc1F. The molecule has 0 radical (unpaired) electrons. The van der Waals surface area contributed by atoms with Gasteiger partial charge in [-0.3, -0.25) is 9.59 Å². The van der Waals surface area contributed by atoms with Crippen LogP contribution in [0.15, 0.2) is 89.9 Å². The van der Waals surface area contributed by atoms with Crippen LogP contribution in [-0.2, 0) is 7.05 Å². The summed E-state index contributed by atoms with van der Waals surface area (Å²) in [6.45, 7) is 2.21. The predicted molar refractivity (Wildman–Crippen MR) is 188 cm³/mol. The van der Waals surface area contributed by atoms with Crippen molar-refractivity contribution in [3.05, 3.63) is 124 Å². The molecule has 266 valence electrons. The number of phenolic OH excluding ortho intramolecular Hbond substituents is 1. The molecule has 0 aliphatic rings. The third-order valence-electron chi connectivity index (χ3n) is 8.28. The number of rotatable bonds is 14. The van der Waals surface area contributed by atoms with Crippen molar-refractivity contribution in [2.24, 2.45) is 7.05 Å². The molecule has 5 rings (SSSR count). The number of amides is 1. The molecule has 5 aromatic rings. The minimum Gasteiger partial charge on any atom is -0.507 e. The Morgan fingerprint density at radius 2 is 1.57 bits per heavy atom. The smallest absolute Gasteiger partial charge is 0.255 e. The molecule has 1 atom stereocenters. The molecule has 1 amide bonds. The summed E-state index contributed by atoms with van der Waals surface area (Å²) in [5, 5.41) is 13.1. The fraction of sp³-hybridized carbons (Fsp3) is 0.231. The number of halogens is 2. The number of carbonyl (C=O) groups excluding carboxylic acids is 1. The van der Waals surface area contributed by atoms with Crippen molar-refractivity contribution in [2.75, 3.05) is 34.5 Å². The zero-order chi connectivity index (χ0) is 36.7. The van der Waals surface area contributed by atoms with Crippen molar-refractivity contribution < 1.29 is 42.4 Å². The Bertz CT molecular complexity index is 2100. The van der Waals surface area contributed by atoms with Crippen LogP contribution < -0.4 is 34.6 Å². The number of aryl methyl sites for hydroxylation is 1. The van der Waals surface area contributed by atoms with E-state index in [0.717, 1.165) is 17.7 Å². The lowest BCUT2D eigenvalue weighted by Gasteiger charge is -2.25. The molecule has 0 saturated heterocycles. The van der Waals surface area contributed by atoms with Gasteiger partial charge in [0, 0.05) is 54.5 Å². The Kier molecular flexibility index (Phi) is 11.5. The maximum absolute atomic E-state index is 14.9. The first-order chi connectivity index (χ1) is 24.6. The standard InChI is InChI=1S/C39H38F2N2O8/c1-6-50-35-21-36(45)43(2)22-29(35)28-19-23(11-14-32(28)51-33-15-12-24(40)20-30(33)41)25(17-18-42-39(46)27-9-7-8-10-31(27)44)26-13-16-34(47-3)38(49-5)37(26)48-4/h7-16,19-22,25,44H,6,17-18H2,1-5H3,(H,42,46). The van der Waals surface area contributed by atoms with E-state index in [1.165, 1.54) is 50.2 Å². The molecule has 0 saturated carbocycles. The second kappa shape index (κ2) is 16.1. The van der Waals surface area contributed by atoms with Crippen molar-refractivity contribution in [1.82, 2.24) is 9.88 Å². The second-order valence-corrected chi connectivity index (χ2v) is 11.4. The lowest BCUT2D eigenvalue weighted by atomic mass is 9.85. The summed E-state index contributed by atoms with van der Waals surface area (Å²) in [5.74, 6) is -1.24. The largest absolute Gasteiger partial charge is 0.507 e. The summed E-state index contributed by atoms with van der Waals surface area (Å²) < 4.78 is 59.0. The highest BCUT2D eigenvalue weighted by Crippen LogP contribution is 2.47. The highest BCUT2D eigenvalue weighted by molar-refractivity contribution is 5.96. The number of para-hydroxylation sites is 1. The van der Waals surface area contributed by atoms with Gasteiger partial charge in [-0.2, -0.15) is 0 Å². The van der Waals surface area contributed by atoms with Crippen molar-refractivity contribution in [3.63, 3.8) is 0 Å². The van der Waals surface area contributed by atoms with Crippen LogP contribution in [0.25, 0.3) is 11.1 Å². The van der Waals surface area contributed by atoms with Crippen molar-refractivity contribution in [2.45, 2.75) is 19.3 Å². The summed E-state index contributed by atoms with van der Waals surface area (Å²) in [4.78, 5) is 25.7. The molecule has 12 heteroatoms. The van der Waals surface area contributed by atoms with Gasteiger partial charge >= 0.3 is 0 Å². The number of pyridine rings is 1. The number of ether oxygens (including phenoxy) is 5. The van der Waals surface area contributed by atoms with Crippen LogP contribution >= 0.6 is 0 Å². The van der Waals surface area contributed by atoms with Crippen molar-refractivity contribution in [3.8, 4) is 51.4 Å². The number of nitrogens with zero attached hydrogens (tertiary/aromatic N) is 1. The van der Waals surface area contributed by atoms with Crippen LogP contribution in [-0.4, -0.2) is 50.1 Å². The van der Waals surface area contributed by atoms with E-state index in [-0.39, 0.29) is 47.3 Å². The molecule has 0 aliphatic carbocycles. The van der Waals surface area contributed by atoms with Gasteiger partial charge in [-0.15, -0.1) is 0 Å². The molecule has 0 spiro atoms. The topological polar surface area (TPSA) is 117 Å². The van der Waals surface area contributed by atoms with Gasteiger partial charge < -0.3 is 38.7 Å². The maximum atomic E-state index is 14.9. The zero-order valence-electron chi connectivity index (χ0n) is 28.8. The molecule has 1 aromatic heterocycles. The Labute approximate surface area is 293 Å². The summed E-state index contributed by atoms with van der Waals surface area (Å²) in [5.41, 5.74) is 2.16. The Morgan fingerprint density at radius 3 is 2.25 bits per heavy atom. The van der Waals surface area contributed by atoms with Gasteiger partial charge in [0.1, 0.15) is 23.1 Å². The molecule has 1 heterocycles. The van der Waals surface area contributed by atoms with Gasteiger partial charge in [-0.05, 0) is 61.4 Å². The van der Waals surface area contributed by atoms with E-state index in [1.54, 1.807) is 50.5 Å². The Balaban J connectivity index is 1.68. The third kappa shape index (κ3) is 7.90. The third-order valence-corrected chi connectivity index (χ3v) is 8.28. The van der Waals surface area contributed by atoms with Crippen LogP contribution in [0.2, 0.25) is 0 Å². The number of methoxy groups -OCH3 is 3. The van der Waals surface area contributed by atoms with Crippen LogP contribution in [0, 0.1) is 11.6 Å². The fourth-order valence-corrected chi connectivity index (χ4v) is 5.82. The number of benzene rings is 4. The van der Waals surface area contributed by atoms with Gasteiger partial charge in [-0.25, -0.2) is 8.78 Å². The maximum Gasteiger partial charge on any atom is 0.255 e. The molecule has 51 heavy (non-hydrogen) atoms. The molecule has 0 bridgehead atoms. The van der Waals surface area contributed by atoms with Gasteiger partial charge in [-0.1, -0.05) is 24.3 Å². The van der Waals surface area contributed by atoms with E-state index in [1.807, 2.05) is 12.1 Å². The molecule has 2 N–H and O–H groups in total. The minimum atomic E-state index is -0.899. The van der Waals surface area contributed by atoms with E-state index in [2.05, 4.69) is 5.32 Å². The van der Waals surface area contributed by atoms with Crippen LogP contribution in [0.3, 0.4) is 0 Å². The Hall–Kier alpha value is -6.04. The number of carbonyl (C=O) groups is 1. The summed E-state index contributed by atoms with van der Waals surface area (Å²) in [6.07, 6.45) is 1.93. The number of aromatic nitrogens is 1. The zero-order valence-corrected chi connectivity index (χ0v) is 28.8. The lowest BCUT2D eigenvalue weighted by Crippen LogP contribution is -2.26. The Morgan fingerprint density at radius 1 is 0.843 bits per heavy atom. The van der Waals surface area contributed by atoms with Crippen LogP contribution in [0.4, 0.5) is 8.78 Å². The highest BCUT2D eigenvalue weighted by Gasteiger charge is 2.26. The van der Waals surface area contributed by atoms with Crippen LogP contribution in [0.5, 0.6) is 40.2 Å². The molecule has 10 nitrogen and oxygen atoms in total. The normalized spacial score (nSPS) is 11.4. The minimum absolute atomic E-state index is 0.132. The molecule has 0 fully saturated rings. The number of hydrogen-bond acceptors (Lipinski definition) is 8. The van der Waals surface area contributed by atoms with E-state index >= 15 is 0 Å². The summed E-state index contributed by atoms with van der Waals surface area (Å²) in [6, 6.07) is 19.5. The predicted octanol–water partition coefficient (Wildman–Crippen LogP) is 7.20. The first kappa shape index (κ1) is 36.2. The van der Waals surface area contributed by atoms with Gasteiger partial charge in [0.05, 0.1) is 33.5 Å². The summed E-state index contributed by atoms with van der Waals surface area (Å²) in [7, 11) is 6.12. The average Bonchev–Trinajstić information content (AvgIpc) is 3.12. The van der Waals surface area contributed by atoms with Gasteiger partial charge in [0.2, 0.25) is 5.75 Å². The monoisotopic (exact) mass is 700 g/mol. The molecule has 4 aromatic carbocycles. The highest BCUT2D eigenvalue weighted by atomic mass is 19.1. The van der Waals surface area contributed by atoms with E-state index in [9.17, 15) is 23.5 Å². The summed E-state index contributed by atoms with van der Waals surface area (Å²) >= 11 is 0. The van der Waals surface area contributed by atoms with Gasteiger partial charge in [0.25, 0.3) is 11.5 Å². The molecule has 0 aliphatic heterocycles. The quantitative estimate of drug-likeness (QED) is 0.125. The number of phenols is 1. The average molecular weight is 701 g/mol. The number of aromatic hydroxyl groups is 1.